The molecule has 0 aromatic heterocycles. The quantitative estimate of drug-likeness (QED) is 0.938. The Morgan fingerprint density at radius 1 is 1.05 bits per heavy atom. The van der Waals surface area contributed by atoms with Crippen molar-refractivity contribution in [1.29, 1.82) is 0 Å². The molecule has 1 heterocycles. The van der Waals surface area contributed by atoms with Gasteiger partial charge in [-0.3, -0.25) is 4.79 Å². The van der Waals surface area contributed by atoms with E-state index in [1.54, 1.807) is 0 Å². The van der Waals surface area contributed by atoms with Crippen LogP contribution in [0.25, 0.3) is 0 Å². The summed E-state index contributed by atoms with van der Waals surface area (Å²) in [6.45, 7) is 0.370. The molecule has 1 N–H and O–H groups in total. The smallest absolute Gasteiger partial charge is 0.239 e. The molecule has 0 saturated heterocycles. The summed E-state index contributed by atoms with van der Waals surface area (Å²) in [5.41, 5.74) is 1.24. The molecule has 1 unspecified atom stereocenters. The Morgan fingerprint density at radius 2 is 1.76 bits per heavy atom. The van der Waals surface area contributed by atoms with Gasteiger partial charge in [-0.2, -0.15) is 0 Å². The lowest BCUT2D eigenvalue weighted by atomic mass is 9.75. The zero-order valence-electron chi connectivity index (χ0n) is 11.7. The molecule has 0 radical (unpaired) electrons. The highest BCUT2D eigenvalue weighted by molar-refractivity contribution is 5.94. The van der Waals surface area contributed by atoms with Crippen molar-refractivity contribution in [1.82, 2.24) is 5.32 Å². The molecule has 2 aromatic rings. The Morgan fingerprint density at radius 3 is 2.52 bits per heavy atom. The Bertz CT molecular complexity index is 679. The molecule has 4 rings (SSSR count). The minimum Gasteiger partial charge on any atom is -0.491 e. The van der Waals surface area contributed by atoms with E-state index in [-0.39, 0.29) is 5.91 Å². The first-order valence-electron chi connectivity index (χ1n) is 7.39. The van der Waals surface area contributed by atoms with Gasteiger partial charge in [0.2, 0.25) is 5.91 Å². The first-order chi connectivity index (χ1) is 10.3. The number of nitrogens with one attached hydrogen (secondary N) is 1. The fourth-order valence-electron chi connectivity index (χ4n) is 3.03. The van der Waals surface area contributed by atoms with Gasteiger partial charge in [-0.1, -0.05) is 48.5 Å². The molecule has 3 nitrogen and oxygen atoms in total. The van der Waals surface area contributed by atoms with Crippen molar-refractivity contribution < 1.29 is 9.53 Å². The van der Waals surface area contributed by atoms with Crippen LogP contribution in [-0.2, 0) is 10.2 Å². The van der Waals surface area contributed by atoms with Crippen LogP contribution < -0.4 is 10.1 Å². The minimum absolute atomic E-state index is 0.0566. The van der Waals surface area contributed by atoms with Crippen LogP contribution in [0.5, 0.6) is 5.75 Å². The van der Waals surface area contributed by atoms with Gasteiger partial charge in [-0.05, 0) is 24.5 Å². The van der Waals surface area contributed by atoms with Crippen LogP contribution in [-0.4, -0.2) is 18.6 Å². The maximum atomic E-state index is 13.0. The lowest BCUT2D eigenvalue weighted by molar-refractivity contribution is -0.125. The van der Waals surface area contributed by atoms with Crippen molar-refractivity contribution in [2.75, 3.05) is 6.61 Å². The molecule has 106 valence electrons. The molecule has 1 atom stereocenters. The second-order valence-electron chi connectivity index (χ2n) is 5.80. The van der Waals surface area contributed by atoms with Gasteiger partial charge in [-0.15, -0.1) is 0 Å². The van der Waals surface area contributed by atoms with E-state index in [1.165, 1.54) is 0 Å². The molecule has 1 fully saturated rings. The topological polar surface area (TPSA) is 38.3 Å². The fraction of sp³-hybridized carbons (Fsp3) is 0.278. The minimum atomic E-state index is -0.722. The van der Waals surface area contributed by atoms with Crippen molar-refractivity contribution in [3.63, 3.8) is 0 Å². The summed E-state index contributed by atoms with van der Waals surface area (Å²) in [6.07, 6.45) is 2.16. The lowest BCUT2D eigenvalue weighted by Gasteiger charge is -2.27. The number of rotatable bonds is 3. The van der Waals surface area contributed by atoms with Crippen LogP contribution in [0.4, 0.5) is 0 Å². The van der Waals surface area contributed by atoms with Crippen molar-refractivity contribution in [2.45, 2.75) is 24.3 Å². The first-order valence-corrected chi connectivity index (χ1v) is 7.39. The van der Waals surface area contributed by atoms with E-state index >= 15 is 0 Å². The maximum absolute atomic E-state index is 13.0. The number of fused-ring (bicyclic) bond motifs is 1. The highest BCUT2D eigenvalue weighted by atomic mass is 16.5. The van der Waals surface area contributed by atoms with Crippen molar-refractivity contribution in [3.8, 4) is 5.75 Å². The summed E-state index contributed by atoms with van der Waals surface area (Å²) in [7, 11) is 0. The highest BCUT2D eigenvalue weighted by Crippen LogP contribution is 2.44. The van der Waals surface area contributed by atoms with E-state index in [0.717, 1.165) is 29.7 Å². The molecule has 3 heteroatoms. The largest absolute Gasteiger partial charge is 0.491 e. The average molecular weight is 279 g/mol. The Hall–Kier alpha value is -2.29. The molecule has 2 aromatic carbocycles. The number of para-hydroxylation sites is 1. The molecule has 1 saturated carbocycles. The second-order valence-corrected chi connectivity index (χ2v) is 5.80. The first kappa shape index (κ1) is 12.5. The summed E-state index contributed by atoms with van der Waals surface area (Å²) in [5.74, 6) is 0.869. The SMILES string of the molecule is O=C(NC1CC1)C1(c2ccccc2)COc2ccccc21. The number of amides is 1. The summed E-state index contributed by atoms with van der Waals surface area (Å²) in [5, 5.41) is 3.16. The fourth-order valence-corrected chi connectivity index (χ4v) is 3.03. The van der Waals surface area contributed by atoms with Crippen molar-refractivity contribution in [2.24, 2.45) is 0 Å². The highest BCUT2D eigenvalue weighted by Gasteiger charge is 2.49. The molecule has 21 heavy (non-hydrogen) atoms. The molecule has 1 aliphatic carbocycles. The molecule has 2 aliphatic rings. The van der Waals surface area contributed by atoms with E-state index in [4.69, 9.17) is 4.74 Å². The predicted molar refractivity (Wildman–Crippen MR) is 80.3 cm³/mol. The Balaban J connectivity index is 1.85. The molecule has 1 amide bonds. The normalized spacial score (nSPS) is 23.2. The summed E-state index contributed by atoms with van der Waals surface area (Å²) >= 11 is 0. The molecule has 0 bridgehead atoms. The van der Waals surface area contributed by atoms with Gasteiger partial charge in [-0.25, -0.2) is 0 Å². The van der Waals surface area contributed by atoms with Crippen LogP contribution in [0.3, 0.4) is 0 Å². The van der Waals surface area contributed by atoms with Gasteiger partial charge in [0.25, 0.3) is 0 Å². The molecular formula is C18H17NO2. The number of ether oxygens (including phenoxy) is 1. The van der Waals surface area contributed by atoms with E-state index in [9.17, 15) is 4.79 Å². The number of benzene rings is 2. The zero-order chi connectivity index (χ0) is 14.3. The zero-order valence-corrected chi connectivity index (χ0v) is 11.7. The summed E-state index contributed by atoms with van der Waals surface area (Å²) < 4.78 is 5.83. The van der Waals surface area contributed by atoms with Crippen LogP contribution in [0, 0.1) is 0 Å². The van der Waals surface area contributed by atoms with E-state index in [2.05, 4.69) is 5.32 Å². The van der Waals surface area contributed by atoms with Gasteiger partial charge in [0.1, 0.15) is 17.8 Å². The Kier molecular flexibility index (Phi) is 2.74. The van der Waals surface area contributed by atoms with Crippen LogP contribution >= 0.6 is 0 Å². The van der Waals surface area contributed by atoms with Crippen molar-refractivity contribution >= 4 is 5.91 Å². The number of carbonyl (C=O) groups is 1. The number of hydrogen-bond donors (Lipinski definition) is 1. The van der Waals surface area contributed by atoms with E-state index < -0.39 is 5.41 Å². The monoisotopic (exact) mass is 279 g/mol. The predicted octanol–water partition coefficient (Wildman–Crippen LogP) is 2.64. The van der Waals surface area contributed by atoms with Gasteiger partial charge >= 0.3 is 0 Å². The molecular weight excluding hydrogens is 262 g/mol. The summed E-state index contributed by atoms with van der Waals surface area (Å²) in [6, 6.07) is 18.1. The number of hydrogen-bond acceptors (Lipinski definition) is 2. The maximum Gasteiger partial charge on any atom is 0.239 e. The van der Waals surface area contributed by atoms with Gasteiger partial charge in [0.05, 0.1) is 0 Å². The molecule has 1 aliphatic heterocycles. The summed E-state index contributed by atoms with van der Waals surface area (Å²) in [4.78, 5) is 13.0. The third-order valence-corrected chi connectivity index (χ3v) is 4.36. The second kappa shape index (κ2) is 4.62. The lowest BCUT2D eigenvalue weighted by Crippen LogP contribution is -2.47. The Labute approximate surface area is 123 Å². The average Bonchev–Trinajstić information content (AvgIpc) is 3.26. The van der Waals surface area contributed by atoms with E-state index in [1.807, 2.05) is 54.6 Å². The number of carbonyl (C=O) groups excluding carboxylic acids is 1. The third-order valence-electron chi connectivity index (χ3n) is 4.36. The van der Waals surface area contributed by atoms with Crippen LogP contribution in [0.15, 0.2) is 54.6 Å². The van der Waals surface area contributed by atoms with Crippen LogP contribution in [0.2, 0.25) is 0 Å². The van der Waals surface area contributed by atoms with E-state index in [0.29, 0.717) is 12.6 Å². The molecule has 0 spiro atoms. The van der Waals surface area contributed by atoms with Gasteiger partial charge in [0.15, 0.2) is 0 Å². The van der Waals surface area contributed by atoms with Crippen molar-refractivity contribution in [3.05, 3.63) is 65.7 Å². The van der Waals surface area contributed by atoms with Crippen LogP contribution in [0.1, 0.15) is 24.0 Å². The standard InChI is InChI=1S/C18H17NO2/c20-17(19-14-10-11-14)18(13-6-2-1-3-7-13)12-21-16-9-5-4-8-15(16)18/h1-9,14H,10-12H2,(H,19,20). The van der Waals surface area contributed by atoms with Gasteiger partial charge in [0, 0.05) is 11.6 Å². The third kappa shape index (κ3) is 1.92. The van der Waals surface area contributed by atoms with Gasteiger partial charge < -0.3 is 10.1 Å².